The highest BCUT2D eigenvalue weighted by molar-refractivity contribution is 7.89. The minimum absolute atomic E-state index is 0.0673. The summed E-state index contributed by atoms with van der Waals surface area (Å²) in [5, 5.41) is 4.74. The first-order chi connectivity index (χ1) is 13.9. The standard InChI is InChI=1S/C20H24N4O3S2/c1-23(17-5-3-2-4-6-17)29(26,27)18-9-7-15(8-10-18)21-19(25)13-16-14-24-11-12-28-20(24)22-16/h7-12,14,17H,2-6,13H2,1H3,(H,21,25). The molecule has 3 aromatic rings. The molecule has 154 valence electrons. The number of sulfonamides is 1. The number of imidazole rings is 1. The molecule has 0 saturated heterocycles. The van der Waals surface area contributed by atoms with Crippen LogP contribution in [0.25, 0.3) is 4.96 Å². The van der Waals surface area contributed by atoms with Gasteiger partial charge in [0.2, 0.25) is 15.9 Å². The van der Waals surface area contributed by atoms with Crippen LogP contribution in [-0.4, -0.2) is 41.1 Å². The molecule has 1 amide bonds. The van der Waals surface area contributed by atoms with Gasteiger partial charge in [-0.15, -0.1) is 11.3 Å². The second kappa shape index (κ2) is 8.25. The second-order valence-corrected chi connectivity index (χ2v) is 10.3. The Kier molecular flexibility index (Phi) is 5.71. The van der Waals surface area contributed by atoms with E-state index in [4.69, 9.17) is 0 Å². The molecule has 4 rings (SSSR count). The van der Waals surface area contributed by atoms with E-state index in [2.05, 4.69) is 10.3 Å². The molecule has 1 N–H and O–H groups in total. The Labute approximate surface area is 174 Å². The van der Waals surface area contributed by atoms with Crippen molar-refractivity contribution >= 4 is 37.9 Å². The number of nitrogens with zero attached hydrogens (tertiary/aromatic N) is 3. The summed E-state index contributed by atoms with van der Waals surface area (Å²) in [7, 11) is -1.87. The van der Waals surface area contributed by atoms with Crippen molar-refractivity contribution in [1.29, 1.82) is 0 Å². The van der Waals surface area contributed by atoms with Crippen molar-refractivity contribution in [2.45, 2.75) is 49.5 Å². The lowest BCUT2D eigenvalue weighted by Crippen LogP contribution is -2.38. The van der Waals surface area contributed by atoms with Gasteiger partial charge in [0.05, 0.1) is 17.0 Å². The second-order valence-electron chi connectivity index (χ2n) is 7.39. The fourth-order valence-electron chi connectivity index (χ4n) is 3.75. The van der Waals surface area contributed by atoms with E-state index in [0.29, 0.717) is 11.4 Å². The van der Waals surface area contributed by atoms with E-state index in [9.17, 15) is 13.2 Å². The molecule has 1 fully saturated rings. The van der Waals surface area contributed by atoms with Gasteiger partial charge in [-0.25, -0.2) is 13.4 Å². The zero-order valence-corrected chi connectivity index (χ0v) is 17.9. The molecule has 1 aliphatic carbocycles. The molecule has 0 atom stereocenters. The number of hydrogen-bond acceptors (Lipinski definition) is 5. The van der Waals surface area contributed by atoms with E-state index in [1.807, 2.05) is 22.2 Å². The fraction of sp³-hybridized carbons (Fsp3) is 0.400. The van der Waals surface area contributed by atoms with Gasteiger partial charge in [0.25, 0.3) is 0 Å². The number of hydrogen-bond donors (Lipinski definition) is 1. The molecule has 0 unspecified atom stereocenters. The number of benzene rings is 1. The van der Waals surface area contributed by atoms with Crippen molar-refractivity contribution < 1.29 is 13.2 Å². The highest BCUT2D eigenvalue weighted by Crippen LogP contribution is 2.27. The van der Waals surface area contributed by atoms with E-state index >= 15 is 0 Å². The number of fused-ring (bicyclic) bond motifs is 1. The zero-order chi connectivity index (χ0) is 20.4. The van der Waals surface area contributed by atoms with Gasteiger partial charge in [-0.1, -0.05) is 19.3 Å². The number of amides is 1. The Balaban J connectivity index is 1.40. The van der Waals surface area contributed by atoms with Gasteiger partial charge in [-0.3, -0.25) is 9.20 Å². The van der Waals surface area contributed by atoms with Gasteiger partial charge in [0.15, 0.2) is 4.96 Å². The maximum atomic E-state index is 12.9. The third kappa shape index (κ3) is 4.36. The lowest BCUT2D eigenvalue weighted by Gasteiger charge is -2.30. The molecule has 1 saturated carbocycles. The van der Waals surface area contributed by atoms with Crippen LogP contribution in [0.15, 0.2) is 46.9 Å². The minimum atomic E-state index is -3.53. The van der Waals surface area contributed by atoms with Gasteiger partial charge in [0, 0.05) is 36.6 Å². The molecule has 1 aromatic carbocycles. The predicted octanol–water partition coefficient (Wildman–Crippen LogP) is 3.53. The lowest BCUT2D eigenvalue weighted by atomic mass is 9.96. The summed E-state index contributed by atoms with van der Waals surface area (Å²) >= 11 is 1.51. The first kappa shape index (κ1) is 20.1. The van der Waals surface area contributed by atoms with Gasteiger partial charge >= 0.3 is 0 Å². The number of thiazole rings is 1. The first-order valence-corrected chi connectivity index (χ1v) is 12.0. The van der Waals surface area contributed by atoms with Crippen molar-refractivity contribution in [2.24, 2.45) is 0 Å². The van der Waals surface area contributed by atoms with Crippen LogP contribution >= 0.6 is 11.3 Å². The Morgan fingerprint density at radius 3 is 2.66 bits per heavy atom. The van der Waals surface area contributed by atoms with Crippen molar-refractivity contribution in [2.75, 3.05) is 12.4 Å². The number of aromatic nitrogens is 2. The Morgan fingerprint density at radius 1 is 1.24 bits per heavy atom. The van der Waals surface area contributed by atoms with Crippen LogP contribution in [0.4, 0.5) is 5.69 Å². The summed E-state index contributed by atoms with van der Waals surface area (Å²) in [6.07, 6.45) is 9.05. The molecule has 2 heterocycles. The van der Waals surface area contributed by atoms with Crippen LogP contribution in [0.5, 0.6) is 0 Å². The lowest BCUT2D eigenvalue weighted by molar-refractivity contribution is -0.115. The summed E-state index contributed by atoms with van der Waals surface area (Å²) in [6.45, 7) is 0. The molecule has 0 bridgehead atoms. The van der Waals surface area contributed by atoms with Crippen LogP contribution in [0.3, 0.4) is 0 Å². The minimum Gasteiger partial charge on any atom is -0.326 e. The van der Waals surface area contributed by atoms with E-state index in [0.717, 1.165) is 30.6 Å². The summed E-state index contributed by atoms with van der Waals surface area (Å²) in [5.41, 5.74) is 1.26. The average Bonchev–Trinajstić information content (AvgIpc) is 3.30. The number of carbonyl (C=O) groups is 1. The Bertz CT molecular complexity index is 1070. The molecule has 29 heavy (non-hydrogen) atoms. The van der Waals surface area contributed by atoms with Gasteiger partial charge in [-0.05, 0) is 37.1 Å². The fourth-order valence-corrected chi connectivity index (χ4v) is 5.88. The van der Waals surface area contributed by atoms with Gasteiger partial charge in [-0.2, -0.15) is 4.31 Å². The number of rotatable bonds is 6. The molecule has 1 aliphatic rings. The van der Waals surface area contributed by atoms with Gasteiger partial charge < -0.3 is 5.32 Å². The van der Waals surface area contributed by atoms with E-state index < -0.39 is 10.0 Å². The molecule has 7 nitrogen and oxygen atoms in total. The predicted molar refractivity (Wildman–Crippen MR) is 114 cm³/mol. The quantitative estimate of drug-likeness (QED) is 0.646. The number of anilines is 1. The summed E-state index contributed by atoms with van der Waals surface area (Å²) < 4.78 is 29.2. The van der Waals surface area contributed by atoms with Crippen LogP contribution in [0.1, 0.15) is 37.8 Å². The monoisotopic (exact) mass is 432 g/mol. The number of nitrogens with one attached hydrogen (secondary N) is 1. The topological polar surface area (TPSA) is 83.8 Å². The third-order valence-electron chi connectivity index (χ3n) is 5.39. The van der Waals surface area contributed by atoms with Crippen molar-refractivity contribution in [3.05, 3.63) is 47.7 Å². The SMILES string of the molecule is CN(C1CCCCC1)S(=O)(=O)c1ccc(NC(=O)Cc2cn3ccsc3n2)cc1. The smallest absolute Gasteiger partial charge is 0.243 e. The van der Waals surface area contributed by atoms with E-state index in [-0.39, 0.29) is 23.3 Å². The third-order valence-corrected chi connectivity index (χ3v) is 8.08. The van der Waals surface area contributed by atoms with E-state index in [1.54, 1.807) is 31.3 Å². The highest BCUT2D eigenvalue weighted by atomic mass is 32.2. The van der Waals surface area contributed by atoms with Crippen LogP contribution < -0.4 is 5.32 Å². The van der Waals surface area contributed by atoms with Crippen LogP contribution in [0, 0.1) is 0 Å². The first-order valence-electron chi connectivity index (χ1n) is 9.72. The van der Waals surface area contributed by atoms with Gasteiger partial charge in [0.1, 0.15) is 0 Å². The summed E-state index contributed by atoms with van der Waals surface area (Å²) in [4.78, 5) is 17.8. The molecule has 2 aromatic heterocycles. The van der Waals surface area contributed by atoms with Crippen molar-refractivity contribution in [3.8, 4) is 0 Å². The number of carbonyl (C=O) groups excluding carboxylic acids is 1. The largest absolute Gasteiger partial charge is 0.326 e. The average molecular weight is 433 g/mol. The molecular formula is C20H24N4O3S2. The Morgan fingerprint density at radius 2 is 1.97 bits per heavy atom. The van der Waals surface area contributed by atoms with E-state index in [1.165, 1.54) is 22.1 Å². The Hall–Kier alpha value is -2.23. The molecule has 0 radical (unpaired) electrons. The van der Waals surface area contributed by atoms with Crippen molar-refractivity contribution in [1.82, 2.24) is 13.7 Å². The molecule has 0 aliphatic heterocycles. The molecule has 0 spiro atoms. The maximum Gasteiger partial charge on any atom is 0.243 e. The highest BCUT2D eigenvalue weighted by Gasteiger charge is 2.28. The normalized spacial score (nSPS) is 15.8. The molecular weight excluding hydrogens is 408 g/mol. The maximum absolute atomic E-state index is 12.9. The van der Waals surface area contributed by atoms with Crippen LogP contribution in [0.2, 0.25) is 0 Å². The summed E-state index contributed by atoms with van der Waals surface area (Å²) in [5.74, 6) is -0.189. The van der Waals surface area contributed by atoms with Crippen LogP contribution in [-0.2, 0) is 21.2 Å². The van der Waals surface area contributed by atoms with Crippen molar-refractivity contribution in [3.63, 3.8) is 0 Å². The molecule has 9 heteroatoms. The summed E-state index contributed by atoms with van der Waals surface area (Å²) in [6, 6.07) is 6.43. The zero-order valence-electron chi connectivity index (χ0n) is 16.2.